The molecule has 1 aliphatic rings. The van der Waals surface area contributed by atoms with E-state index in [0.717, 1.165) is 18.8 Å². The molecule has 1 aromatic heterocycles. The molecule has 0 unspecified atom stereocenters. The molecule has 110 valence electrons. The van der Waals surface area contributed by atoms with Gasteiger partial charge < -0.3 is 10.2 Å². The van der Waals surface area contributed by atoms with Gasteiger partial charge in [0.05, 0.1) is 6.20 Å². The predicted molar refractivity (Wildman–Crippen MR) is 80.2 cm³/mol. The highest BCUT2D eigenvalue weighted by atomic mass is 19.1. The van der Waals surface area contributed by atoms with E-state index in [1.807, 2.05) is 0 Å². The maximum Gasteiger partial charge on any atom is 0.247 e. The van der Waals surface area contributed by atoms with Crippen LogP contribution >= 0.6 is 0 Å². The molecule has 3 rings (SSSR count). The molecule has 0 bridgehead atoms. The number of rotatable bonds is 3. The molecule has 1 aromatic carbocycles. The molecule has 0 aliphatic carbocycles. The Morgan fingerprint density at radius 1 is 1.00 bits per heavy atom. The molecule has 5 nitrogen and oxygen atoms in total. The number of halogens is 1. The minimum absolute atomic E-state index is 0.258. The van der Waals surface area contributed by atoms with Gasteiger partial charge in [-0.15, -0.1) is 5.10 Å². The largest absolute Gasteiger partial charge is 0.339 e. The fourth-order valence-electron chi connectivity index (χ4n) is 2.44. The van der Waals surface area contributed by atoms with Crippen LogP contribution in [0.5, 0.6) is 0 Å². The first-order valence-electron chi connectivity index (χ1n) is 7.28. The summed E-state index contributed by atoms with van der Waals surface area (Å²) in [5.74, 6) is 1.02. The molecule has 0 atom stereocenters. The zero-order valence-electron chi connectivity index (χ0n) is 11.8. The third kappa shape index (κ3) is 3.65. The minimum Gasteiger partial charge on any atom is -0.339 e. The summed E-state index contributed by atoms with van der Waals surface area (Å²) in [5, 5.41) is 11.3. The molecule has 0 amide bonds. The zero-order valence-corrected chi connectivity index (χ0v) is 11.8. The Labute approximate surface area is 123 Å². The summed E-state index contributed by atoms with van der Waals surface area (Å²) >= 11 is 0. The lowest BCUT2D eigenvalue weighted by Crippen LogP contribution is -2.26. The van der Waals surface area contributed by atoms with Crippen LogP contribution in [0.15, 0.2) is 30.5 Å². The molecule has 1 N–H and O–H groups in total. The number of nitrogens with one attached hydrogen (secondary N) is 1. The number of hydrogen-bond donors (Lipinski definition) is 1. The standard InChI is InChI=1S/C15H18FN5/c16-12-5-7-13(8-6-12)18-14-11-17-20-15(19-14)21-9-3-1-2-4-10-21/h5-8,11H,1-4,9-10H2,(H,18,19,20). The fourth-order valence-corrected chi connectivity index (χ4v) is 2.44. The molecule has 2 aromatic rings. The first-order chi connectivity index (χ1) is 10.3. The van der Waals surface area contributed by atoms with Crippen molar-refractivity contribution < 1.29 is 4.39 Å². The van der Waals surface area contributed by atoms with Crippen LogP contribution in [0, 0.1) is 5.82 Å². The van der Waals surface area contributed by atoms with Crippen LogP contribution in [-0.2, 0) is 0 Å². The third-order valence-corrected chi connectivity index (χ3v) is 3.55. The summed E-state index contributed by atoms with van der Waals surface area (Å²) in [6, 6.07) is 6.16. The summed E-state index contributed by atoms with van der Waals surface area (Å²) < 4.78 is 12.9. The van der Waals surface area contributed by atoms with Gasteiger partial charge in [0.15, 0.2) is 5.82 Å². The Hall–Kier alpha value is -2.24. The summed E-state index contributed by atoms with van der Waals surface area (Å²) in [6.45, 7) is 1.95. The predicted octanol–water partition coefficient (Wildman–Crippen LogP) is 3.13. The van der Waals surface area contributed by atoms with Crippen LogP contribution in [0.4, 0.5) is 21.8 Å². The van der Waals surface area contributed by atoms with E-state index in [1.165, 1.54) is 37.8 Å². The lowest BCUT2D eigenvalue weighted by molar-refractivity contribution is 0.628. The highest BCUT2D eigenvalue weighted by Gasteiger charge is 2.13. The highest BCUT2D eigenvalue weighted by molar-refractivity contribution is 5.55. The second kappa shape index (κ2) is 6.47. The summed E-state index contributed by atoms with van der Waals surface area (Å²) in [6.07, 6.45) is 6.43. The zero-order chi connectivity index (χ0) is 14.5. The van der Waals surface area contributed by atoms with Gasteiger partial charge in [-0.1, -0.05) is 12.8 Å². The van der Waals surface area contributed by atoms with Gasteiger partial charge in [-0.25, -0.2) is 4.39 Å². The molecule has 1 saturated heterocycles. The van der Waals surface area contributed by atoms with Crippen molar-refractivity contribution in [3.8, 4) is 0 Å². The topological polar surface area (TPSA) is 53.9 Å². The number of nitrogens with zero attached hydrogens (tertiary/aromatic N) is 4. The smallest absolute Gasteiger partial charge is 0.247 e. The second-order valence-corrected chi connectivity index (χ2v) is 5.17. The second-order valence-electron chi connectivity index (χ2n) is 5.17. The van der Waals surface area contributed by atoms with E-state index in [-0.39, 0.29) is 5.82 Å². The van der Waals surface area contributed by atoms with Gasteiger partial charge >= 0.3 is 0 Å². The Morgan fingerprint density at radius 2 is 1.71 bits per heavy atom. The van der Waals surface area contributed by atoms with Crippen LogP contribution < -0.4 is 10.2 Å². The van der Waals surface area contributed by atoms with Gasteiger partial charge in [-0.3, -0.25) is 0 Å². The van der Waals surface area contributed by atoms with E-state index in [1.54, 1.807) is 18.3 Å². The molecule has 1 fully saturated rings. The van der Waals surface area contributed by atoms with Gasteiger partial charge in [0.25, 0.3) is 0 Å². The maximum atomic E-state index is 12.9. The van der Waals surface area contributed by atoms with Crippen LogP contribution in [0.2, 0.25) is 0 Å². The van der Waals surface area contributed by atoms with Gasteiger partial charge in [0.2, 0.25) is 5.95 Å². The van der Waals surface area contributed by atoms with Crippen LogP contribution in [0.1, 0.15) is 25.7 Å². The Morgan fingerprint density at radius 3 is 2.43 bits per heavy atom. The average molecular weight is 287 g/mol. The van der Waals surface area contributed by atoms with Crippen LogP contribution in [-0.4, -0.2) is 28.3 Å². The van der Waals surface area contributed by atoms with Crippen molar-refractivity contribution in [2.75, 3.05) is 23.3 Å². The average Bonchev–Trinajstić information content (AvgIpc) is 2.79. The monoisotopic (exact) mass is 287 g/mol. The summed E-state index contributed by atoms with van der Waals surface area (Å²) in [5.41, 5.74) is 0.777. The normalized spacial score (nSPS) is 15.6. The van der Waals surface area contributed by atoms with Crippen LogP contribution in [0.3, 0.4) is 0 Å². The first kappa shape index (κ1) is 13.7. The maximum absolute atomic E-state index is 12.9. The van der Waals surface area contributed by atoms with E-state index < -0.39 is 0 Å². The van der Waals surface area contributed by atoms with E-state index >= 15 is 0 Å². The first-order valence-corrected chi connectivity index (χ1v) is 7.28. The highest BCUT2D eigenvalue weighted by Crippen LogP contribution is 2.18. The van der Waals surface area contributed by atoms with Crippen molar-refractivity contribution in [1.29, 1.82) is 0 Å². The van der Waals surface area contributed by atoms with Crippen molar-refractivity contribution in [2.45, 2.75) is 25.7 Å². The van der Waals surface area contributed by atoms with E-state index in [4.69, 9.17) is 0 Å². The fraction of sp³-hybridized carbons (Fsp3) is 0.400. The molecule has 6 heteroatoms. The van der Waals surface area contributed by atoms with E-state index in [9.17, 15) is 4.39 Å². The Bertz CT molecular complexity index is 579. The molecule has 0 spiro atoms. The van der Waals surface area contributed by atoms with Gasteiger partial charge in [-0.05, 0) is 37.1 Å². The number of benzene rings is 1. The lowest BCUT2D eigenvalue weighted by atomic mass is 10.2. The molecular formula is C15H18FN5. The SMILES string of the molecule is Fc1ccc(Nc2cnnc(N3CCCCCC3)n2)cc1. The molecule has 2 heterocycles. The molecule has 1 aliphatic heterocycles. The minimum atomic E-state index is -0.258. The van der Waals surface area contributed by atoms with Crippen molar-refractivity contribution in [1.82, 2.24) is 15.2 Å². The van der Waals surface area contributed by atoms with Gasteiger partial charge in [-0.2, -0.15) is 10.1 Å². The number of anilines is 3. The van der Waals surface area contributed by atoms with E-state index in [2.05, 4.69) is 25.4 Å². The number of hydrogen-bond acceptors (Lipinski definition) is 5. The lowest BCUT2D eigenvalue weighted by Gasteiger charge is -2.19. The van der Waals surface area contributed by atoms with Crippen molar-refractivity contribution >= 4 is 17.5 Å². The summed E-state index contributed by atoms with van der Waals surface area (Å²) in [4.78, 5) is 6.68. The summed E-state index contributed by atoms with van der Waals surface area (Å²) in [7, 11) is 0. The van der Waals surface area contributed by atoms with Gasteiger partial charge in [0, 0.05) is 18.8 Å². The van der Waals surface area contributed by atoms with Crippen molar-refractivity contribution in [3.05, 3.63) is 36.3 Å². The van der Waals surface area contributed by atoms with Crippen LogP contribution in [0.25, 0.3) is 0 Å². The molecule has 0 radical (unpaired) electrons. The molecular weight excluding hydrogens is 269 g/mol. The van der Waals surface area contributed by atoms with Crippen molar-refractivity contribution in [2.24, 2.45) is 0 Å². The molecule has 0 saturated carbocycles. The number of aromatic nitrogens is 3. The Kier molecular flexibility index (Phi) is 4.23. The molecule has 21 heavy (non-hydrogen) atoms. The Balaban J connectivity index is 1.74. The van der Waals surface area contributed by atoms with Gasteiger partial charge in [0.1, 0.15) is 5.82 Å². The van der Waals surface area contributed by atoms with Crippen molar-refractivity contribution in [3.63, 3.8) is 0 Å². The van der Waals surface area contributed by atoms with E-state index in [0.29, 0.717) is 11.8 Å². The quantitative estimate of drug-likeness (QED) is 0.940. The third-order valence-electron chi connectivity index (χ3n) is 3.55.